The molecule has 0 heteroatoms. The van der Waals surface area contributed by atoms with Gasteiger partial charge in [0.05, 0.1) is 0 Å². The fourth-order valence-electron chi connectivity index (χ4n) is 10.2. The Bertz CT molecular complexity index is 1630. The van der Waals surface area contributed by atoms with Gasteiger partial charge in [0.2, 0.25) is 0 Å². The first-order chi connectivity index (χ1) is 17.1. The highest BCUT2D eigenvalue weighted by Crippen LogP contribution is 2.83. The molecule has 0 radical (unpaired) electrons. The molecule has 8 aliphatic rings. The monoisotopic (exact) mass is 486 g/mol. The summed E-state index contributed by atoms with van der Waals surface area (Å²) in [5, 5.41) is 0. The topological polar surface area (TPSA) is 0 Å². The van der Waals surface area contributed by atoms with Crippen molar-refractivity contribution in [2.24, 2.45) is 38.9 Å². The van der Waals surface area contributed by atoms with Gasteiger partial charge in [-0.2, -0.15) is 0 Å². The predicted molar refractivity (Wildman–Crippen MR) is 155 cm³/mol. The summed E-state index contributed by atoms with van der Waals surface area (Å²) in [6.45, 7) is 29.9. The molecule has 0 nitrogen and oxygen atoms in total. The van der Waals surface area contributed by atoms with E-state index in [1.54, 1.807) is 55.7 Å². The molecule has 3 atom stereocenters. The lowest BCUT2D eigenvalue weighted by Crippen LogP contribution is -2.50. The van der Waals surface area contributed by atoms with Gasteiger partial charge in [-0.3, -0.25) is 0 Å². The van der Waals surface area contributed by atoms with Crippen LogP contribution in [0.5, 0.6) is 0 Å². The SMILES string of the molecule is CC1=C(C)C2=C3C1=CC1=C(C)C(C)=C4C=C5C6=C(C=C7C(C(=C2)C(C)(C)C7(C)C)C36C14)C(C)(C)C5(C)C. The summed E-state index contributed by atoms with van der Waals surface area (Å²) in [5.74, 6) is 0.875. The summed E-state index contributed by atoms with van der Waals surface area (Å²) < 4.78 is 0. The van der Waals surface area contributed by atoms with E-state index < -0.39 is 0 Å². The zero-order chi connectivity index (χ0) is 26.6. The van der Waals surface area contributed by atoms with Crippen molar-refractivity contribution >= 4 is 0 Å². The second-order valence-corrected chi connectivity index (χ2v) is 15.5. The minimum absolute atomic E-state index is 0.0220. The summed E-state index contributed by atoms with van der Waals surface area (Å²) in [5.41, 5.74) is 22.8. The van der Waals surface area contributed by atoms with Gasteiger partial charge < -0.3 is 0 Å². The van der Waals surface area contributed by atoms with Gasteiger partial charge in [0.25, 0.3) is 0 Å². The van der Waals surface area contributed by atoms with E-state index in [-0.39, 0.29) is 27.1 Å². The normalized spacial score (nSPS) is 37.7. The van der Waals surface area contributed by atoms with Gasteiger partial charge in [-0.1, -0.05) is 90.8 Å². The van der Waals surface area contributed by atoms with E-state index in [1.165, 1.54) is 22.3 Å². The van der Waals surface area contributed by atoms with Crippen molar-refractivity contribution in [3.8, 4) is 0 Å². The Balaban J connectivity index is 1.66. The molecule has 0 bridgehead atoms. The molecule has 1 spiro atoms. The van der Waals surface area contributed by atoms with Crippen LogP contribution in [0.2, 0.25) is 0 Å². The maximum atomic E-state index is 2.73. The summed E-state index contributed by atoms with van der Waals surface area (Å²) >= 11 is 0. The van der Waals surface area contributed by atoms with Crippen molar-refractivity contribution in [2.45, 2.75) is 83.1 Å². The van der Waals surface area contributed by atoms with E-state index in [0.29, 0.717) is 11.8 Å². The lowest BCUT2D eigenvalue weighted by Gasteiger charge is -2.58. The molecule has 37 heavy (non-hydrogen) atoms. The van der Waals surface area contributed by atoms with Crippen LogP contribution < -0.4 is 0 Å². The fourth-order valence-corrected chi connectivity index (χ4v) is 10.2. The molecule has 8 rings (SSSR count). The van der Waals surface area contributed by atoms with Crippen LogP contribution in [0.1, 0.15) is 83.1 Å². The molecule has 190 valence electrons. The standard InChI is InChI=1S/C37H42/c1-17-19(3)23-14-25-31-27(35(9,10)33(25,5)6)16-28-32-26(34(7,8)36(28,11)12)15-24-20(4)18(2)22-13-21(17)29(23)37(31,32)30(22)24/h13-16,29,32H,1-12H3. The third-order valence-electron chi connectivity index (χ3n) is 14.0. The number of hydrogen-bond donors (Lipinski definition) is 0. The quantitative estimate of drug-likeness (QED) is 0.320. The van der Waals surface area contributed by atoms with Gasteiger partial charge in [0.1, 0.15) is 0 Å². The molecule has 8 aliphatic carbocycles. The summed E-state index contributed by atoms with van der Waals surface area (Å²) in [6.07, 6.45) is 10.7. The van der Waals surface area contributed by atoms with Gasteiger partial charge >= 0.3 is 0 Å². The van der Waals surface area contributed by atoms with Crippen LogP contribution >= 0.6 is 0 Å². The predicted octanol–water partition coefficient (Wildman–Crippen LogP) is 9.69. The van der Waals surface area contributed by atoms with Crippen molar-refractivity contribution in [3.05, 3.63) is 102 Å². The lowest BCUT2D eigenvalue weighted by molar-refractivity contribution is 0.219. The van der Waals surface area contributed by atoms with E-state index in [0.717, 1.165) is 0 Å². The molecule has 0 aromatic heterocycles. The molecule has 1 fully saturated rings. The highest BCUT2D eigenvalue weighted by molar-refractivity contribution is 5.85. The second kappa shape index (κ2) is 5.66. The molecule has 0 aliphatic heterocycles. The van der Waals surface area contributed by atoms with Crippen molar-refractivity contribution in [2.75, 3.05) is 0 Å². The van der Waals surface area contributed by atoms with Crippen molar-refractivity contribution < 1.29 is 0 Å². The molecule has 0 heterocycles. The van der Waals surface area contributed by atoms with Crippen LogP contribution in [0.3, 0.4) is 0 Å². The molecule has 0 saturated heterocycles. The first kappa shape index (κ1) is 22.6. The zero-order valence-corrected chi connectivity index (χ0v) is 25.0. The van der Waals surface area contributed by atoms with E-state index in [2.05, 4.69) is 107 Å². The lowest BCUT2D eigenvalue weighted by atomic mass is 9.44. The van der Waals surface area contributed by atoms with Crippen LogP contribution in [0.15, 0.2) is 102 Å². The number of allylic oxidation sites excluding steroid dienone is 18. The summed E-state index contributed by atoms with van der Waals surface area (Å²) in [6, 6.07) is 0. The van der Waals surface area contributed by atoms with Gasteiger partial charge in [-0.25, -0.2) is 0 Å². The molecule has 0 aromatic carbocycles. The van der Waals surface area contributed by atoms with Crippen molar-refractivity contribution in [1.82, 2.24) is 0 Å². The first-order valence-corrected chi connectivity index (χ1v) is 14.5. The van der Waals surface area contributed by atoms with E-state index in [1.807, 2.05) is 0 Å². The Morgan fingerprint density at radius 1 is 0.514 bits per heavy atom. The minimum atomic E-state index is -0.0220. The average Bonchev–Trinajstić information content (AvgIpc) is 3.33. The molecule has 0 N–H and O–H groups in total. The van der Waals surface area contributed by atoms with E-state index >= 15 is 0 Å². The van der Waals surface area contributed by atoms with Gasteiger partial charge in [0.15, 0.2) is 0 Å². The smallest absolute Gasteiger partial charge is 0.0432 e. The Morgan fingerprint density at radius 2 is 1.08 bits per heavy atom. The van der Waals surface area contributed by atoms with E-state index in [9.17, 15) is 0 Å². The highest BCUT2D eigenvalue weighted by atomic mass is 14.8. The van der Waals surface area contributed by atoms with Gasteiger partial charge in [0, 0.05) is 17.3 Å². The third kappa shape index (κ3) is 1.83. The van der Waals surface area contributed by atoms with Crippen molar-refractivity contribution in [1.29, 1.82) is 0 Å². The third-order valence-corrected chi connectivity index (χ3v) is 14.0. The zero-order valence-electron chi connectivity index (χ0n) is 25.0. The molecular weight excluding hydrogens is 444 g/mol. The fraction of sp³-hybridized carbons (Fsp3) is 0.514. The maximum Gasteiger partial charge on any atom is 0.0432 e. The van der Waals surface area contributed by atoms with Crippen molar-refractivity contribution in [3.63, 3.8) is 0 Å². The summed E-state index contributed by atoms with van der Waals surface area (Å²) in [7, 11) is 0. The molecule has 1 saturated carbocycles. The average molecular weight is 487 g/mol. The Morgan fingerprint density at radius 3 is 1.70 bits per heavy atom. The number of rotatable bonds is 0. The molecule has 0 amide bonds. The van der Waals surface area contributed by atoms with Crippen LogP contribution in [-0.4, -0.2) is 0 Å². The molecule has 0 aromatic rings. The number of hydrogen-bond acceptors (Lipinski definition) is 0. The maximum absolute atomic E-state index is 2.73. The van der Waals surface area contributed by atoms with Crippen LogP contribution in [-0.2, 0) is 0 Å². The Kier molecular flexibility index (Phi) is 3.46. The van der Waals surface area contributed by atoms with Crippen LogP contribution in [0.25, 0.3) is 0 Å². The van der Waals surface area contributed by atoms with Crippen LogP contribution in [0.4, 0.5) is 0 Å². The molecular formula is C37H42. The van der Waals surface area contributed by atoms with Crippen LogP contribution in [0, 0.1) is 38.9 Å². The van der Waals surface area contributed by atoms with E-state index in [4.69, 9.17) is 0 Å². The highest BCUT2D eigenvalue weighted by Gasteiger charge is 2.73. The largest absolute Gasteiger partial charge is 0.0577 e. The molecule has 3 unspecified atom stereocenters. The minimum Gasteiger partial charge on any atom is -0.0577 e. The van der Waals surface area contributed by atoms with Gasteiger partial charge in [-0.15, -0.1) is 0 Å². The first-order valence-electron chi connectivity index (χ1n) is 14.5. The summed E-state index contributed by atoms with van der Waals surface area (Å²) in [4.78, 5) is 0. The Hall–Kier alpha value is -2.34. The van der Waals surface area contributed by atoms with Gasteiger partial charge in [-0.05, 0) is 116 Å². The Labute approximate surface area is 224 Å². The second-order valence-electron chi connectivity index (χ2n) is 15.5.